The molecule has 3 aromatic rings. The van der Waals surface area contributed by atoms with Crippen LogP contribution in [-0.2, 0) is 39.7 Å². The van der Waals surface area contributed by atoms with Gasteiger partial charge in [-0.15, -0.1) is 0 Å². The molecule has 0 N–H and O–H groups in total. The summed E-state index contributed by atoms with van der Waals surface area (Å²) in [5.74, 6) is 0. The number of benzene rings is 3. The van der Waals surface area contributed by atoms with Gasteiger partial charge in [0.05, 0.1) is 0 Å². The molecule has 0 bridgehead atoms. The van der Waals surface area contributed by atoms with Crippen molar-refractivity contribution in [2.75, 3.05) is 0 Å². The zero-order valence-corrected chi connectivity index (χ0v) is 30.9. The molecule has 0 nitrogen and oxygen atoms in total. The Kier molecular flexibility index (Phi) is 16.7. The fraction of sp³-hybridized carbons (Fsp3) is 0.405. The van der Waals surface area contributed by atoms with Crippen molar-refractivity contribution in [3.63, 3.8) is 0 Å². The van der Waals surface area contributed by atoms with Crippen molar-refractivity contribution >= 4 is 23.6 Å². The maximum atomic E-state index is 2.55. The van der Waals surface area contributed by atoms with Gasteiger partial charge >= 0.3 is 253 Å². The summed E-state index contributed by atoms with van der Waals surface area (Å²) >= 11 is 2.53. The molecule has 1 aliphatic rings. The molecule has 0 saturated heterocycles. The van der Waals surface area contributed by atoms with Crippen molar-refractivity contribution in [2.24, 2.45) is 0 Å². The molecule has 0 amide bonds. The van der Waals surface area contributed by atoms with Gasteiger partial charge < -0.3 is 37.2 Å². The Morgan fingerprint density at radius 3 is 1.10 bits per heavy atom. The maximum absolute atomic E-state index is 2.55. The van der Waals surface area contributed by atoms with Crippen LogP contribution >= 0.6 is 0 Å². The van der Waals surface area contributed by atoms with Gasteiger partial charge in [-0.1, -0.05) is 0 Å². The summed E-state index contributed by atoms with van der Waals surface area (Å²) in [6, 6.07) is 29.5. The number of aryl methyl sites for hydroxylation is 3. The van der Waals surface area contributed by atoms with Crippen LogP contribution < -0.4 is 52.8 Å². The fourth-order valence-corrected chi connectivity index (χ4v) is 14.2. The Labute approximate surface area is 287 Å². The smallest absolute Gasteiger partial charge is 1.00 e. The zero-order chi connectivity index (χ0) is 27.9. The van der Waals surface area contributed by atoms with E-state index in [0.717, 1.165) is 0 Å². The molecule has 1 unspecified atom stereocenters. The molecule has 0 heterocycles. The van der Waals surface area contributed by atoms with E-state index in [9.17, 15) is 0 Å². The van der Waals surface area contributed by atoms with E-state index in [4.69, 9.17) is 0 Å². The molecule has 0 fully saturated rings. The Morgan fingerprint density at radius 1 is 0.548 bits per heavy atom. The third-order valence-electron chi connectivity index (χ3n) is 8.98. The zero-order valence-electron chi connectivity index (χ0n) is 26.1. The topological polar surface area (TPSA) is 0 Å². The second-order valence-electron chi connectivity index (χ2n) is 11.6. The Morgan fingerprint density at radius 2 is 0.857 bits per heavy atom. The predicted octanol–water partition coefficient (Wildman–Crippen LogP) is -0.652. The predicted molar refractivity (Wildman–Crippen MR) is 170 cm³/mol. The van der Waals surface area contributed by atoms with E-state index in [1.807, 2.05) is 0 Å². The van der Waals surface area contributed by atoms with E-state index in [2.05, 4.69) is 140 Å². The first-order valence-electron chi connectivity index (χ1n) is 15.3. The molecule has 5 heteroatoms. The first-order chi connectivity index (χ1) is 18.9. The molecule has 4 rings (SSSR count). The first kappa shape index (κ1) is 39.0. The number of allylic oxidation sites excluding steroid dienone is 4. The second-order valence-corrected chi connectivity index (χ2v) is 17.6. The molecule has 0 aromatic heterocycles. The van der Waals surface area contributed by atoms with Crippen molar-refractivity contribution in [2.45, 2.75) is 95.7 Å². The van der Waals surface area contributed by atoms with E-state index < -0.39 is 8.07 Å². The van der Waals surface area contributed by atoms with Crippen LogP contribution in [0.15, 0.2) is 96.1 Å². The van der Waals surface area contributed by atoms with E-state index in [-0.39, 0.29) is 40.6 Å². The van der Waals surface area contributed by atoms with Crippen LogP contribution in [0.4, 0.5) is 0 Å². The maximum Gasteiger partial charge on any atom is -1.00 e. The largest absolute Gasteiger partial charge is 1.00 e. The molecule has 0 saturated carbocycles. The molecule has 1 atom stereocenters. The van der Waals surface area contributed by atoms with Gasteiger partial charge in [-0.2, -0.15) is 0 Å². The van der Waals surface area contributed by atoms with Crippen molar-refractivity contribution in [1.29, 1.82) is 0 Å². The second kappa shape index (κ2) is 18.0. The van der Waals surface area contributed by atoms with Crippen LogP contribution in [0.3, 0.4) is 0 Å². The van der Waals surface area contributed by atoms with E-state index >= 15 is 0 Å². The first-order valence-corrected chi connectivity index (χ1v) is 18.1. The Hall–Kier alpha value is -1.06. The standard InChI is InChI=1S/C37H47Si.3ClH.Ti/c1-6-9-12-31-16-22-34(23-17-31)38(37-28-15-29(4)30(37)5,35-24-18-32(19-25-35)13-10-7-2)36-26-20-33(21-27-36)14-11-8-3;;;;/h15-28H,6-14H2,1-5H3;3*1H;/q;;;;+3/p-3. The van der Waals surface area contributed by atoms with Gasteiger partial charge in [-0.25, -0.2) is 0 Å². The molecule has 0 aliphatic heterocycles. The van der Waals surface area contributed by atoms with Gasteiger partial charge in [-0.05, 0) is 0 Å². The summed E-state index contributed by atoms with van der Waals surface area (Å²) in [7, 11) is -2.53. The van der Waals surface area contributed by atoms with Crippen LogP contribution in [0.5, 0.6) is 0 Å². The minimum Gasteiger partial charge on any atom is -1.00 e. The molecule has 42 heavy (non-hydrogen) atoms. The monoisotopic (exact) mass is 672 g/mol. The normalized spacial score (nSPS) is 16.1. The van der Waals surface area contributed by atoms with Crippen molar-refractivity contribution in [1.82, 2.24) is 0 Å². The summed E-state index contributed by atoms with van der Waals surface area (Å²) in [6.07, 6.45) is 15.9. The molecular formula is C37H47Cl3SiTi. The van der Waals surface area contributed by atoms with Gasteiger partial charge in [0, 0.05) is 0 Å². The molecule has 3 aromatic carbocycles. The van der Waals surface area contributed by atoms with E-state index in [1.165, 1.54) is 101 Å². The SMILES string of the molecule is CCCCc1ccc([Si](c2ccc(CCCC)cc2)(c2ccc(CCCC)cc2)[C]2([Ti+3])C=CC(C)=C2C)cc1.[Cl-].[Cl-].[Cl-]. The van der Waals surface area contributed by atoms with Crippen LogP contribution in [0.25, 0.3) is 0 Å². The van der Waals surface area contributed by atoms with Gasteiger partial charge in [0.1, 0.15) is 0 Å². The summed E-state index contributed by atoms with van der Waals surface area (Å²) in [4.78, 5) is 0. The minimum atomic E-state index is -2.53. The number of rotatable bonds is 13. The van der Waals surface area contributed by atoms with Crippen LogP contribution in [0, 0.1) is 0 Å². The number of unbranched alkanes of at least 4 members (excludes halogenated alkanes) is 3. The summed E-state index contributed by atoms with van der Waals surface area (Å²) in [5, 5.41) is 4.56. The van der Waals surface area contributed by atoms with E-state index in [0.29, 0.717) is 0 Å². The van der Waals surface area contributed by atoms with Gasteiger partial charge in [0.15, 0.2) is 0 Å². The Balaban J connectivity index is 0.00000294. The van der Waals surface area contributed by atoms with Crippen molar-refractivity contribution in [3.8, 4) is 0 Å². The molecule has 0 spiro atoms. The van der Waals surface area contributed by atoms with Crippen LogP contribution in [0.2, 0.25) is 3.34 Å². The van der Waals surface area contributed by atoms with E-state index in [1.54, 1.807) is 0 Å². The van der Waals surface area contributed by atoms with Crippen LogP contribution in [0.1, 0.15) is 89.8 Å². The van der Waals surface area contributed by atoms with Gasteiger partial charge in [0.25, 0.3) is 0 Å². The molecule has 0 radical (unpaired) electrons. The summed E-state index contributed by atoms with van der Waals surface area (Å²) < 4.78 is -0.0438. The Bertz CT molecular complexity index is 1150. The number of hydrogen-bond donors (Lipinski definition) is 0. The third-order valence-corrected chi connectivity index (χ3v) is 16.9. The van der Waals surface area contributed by atoms with Gasteiger partial charge in [0.2, 0.25) is 0 Å². The van der Waals surface area contributed by atoms with Crippen LogP contribution in [-0.4, -0.2) is 8.07 Å². The summed E-state index contributed by atoms with van der Waals surface area (Å²) in [6.45, 7) is 11.5. The molecule has 224 valence electrons. The average molecular weight is 674 g/mol. The van der Waals surface area contributed by atoms with Crippen molar-refractivity contribution < 1.29 is 57.7 Å². The quantitative estimate of drug-likeness (QED) is 0.167. The fourth-order valence-electron chi connectivity index (χ4n) is 6.31. The minimum absolute atomic E-state index is 0. The number of hydrogen-bond acceptors (Lipinski definition) is 0. The van der Waals surface area contributed by atoms with Gasteiger partial charge in [-0.3, -0.25) is 0 Å². The number of halogens is 3. The molecule has 1 aliphatic carbocycles. The summed E-state index contributed by atoms with van der Waals surface area (Å²) in [5.41, 5.74) is 7.33. The molecular weight excluding hydrogens is 627 g/mol. The average Bonchev–Trinajstić information content (AvgIpc) is 3.24. The third kappa shape index (κ3) is 7.96. The van der Waals surface area contributed by atoms with Crippen molar-refractivity contribution in [3.05, 3.63) is 113 Å².